The van der Waals surface area contributed by atoms with Crippen LogP contribution in [0.15, 0.2) is 46.9 Å². The molecule has 1 N–H and O–H groups in total. The Balaban J connectivity index is 2.38. The van der Waals surface area contributed by atoms with E-state index in [9.17, 15) is 5.21 Å². The van der Waals surface area contributed by atoms with E-state index in [1.807, 2.05) is 49.4 Å². The molecule has 3 rings (SSSR count). The van der Waals surface area contributed by atoms with Gasteiger partial charge in [-0.15, -0.1) is 0 Å². The van der Waals surface area contributed by atoms with E-state index < -0.39 is 0 Å². The second kappa shape index (κ2) is 4.70. The van der Waals surface area contributed by atoms with E-state index >= 15 is 0 Å². The van der Waals surface area contributed by atoms with Crippen molar-refractivity contribution in [3.8, 4) is 11.1 Å². The van der Waals surface area contributed by atoms with Crippen molar-refractivity contribution in [1.29, 1.82) is 0 Å². The first-order valence-corrected chi connectivity index (χ1v) is 6.96. The summed E-state index contributed by atoms with van der Waals surface area (Å²) in [6, 6.07) is 13.9. The van der Waals surface area contributed by atoms with Gasteiger partial charge in [-0.3, -0.25) is 0 Å². The molecule has 4 heteroatoms. The summed E-state index contributed by atoms with van der Waals surface area (Å²) >= 11 is 3.58. The van der Waals surface area contributed by atoms with Crippen molar-refractivity contribution in [2.24, 2.45) is 0 Å². The average Bonchev–Trinajstić information content (AvgIpc) is 2.76. The van der Waals surface area contributed by atoms with E-state index in [0.717, 1.165) is 26.6 Å². The number of nitrogens with zero attached hydrogens (tertiary/aromatic N) is 2. The molecule has 0 spiro atoms. The Morgan fingerprint density at radius 3 is 2.58 bits per heavy atom. The molecule has 19 heavy (non-hydrogen) atoms. The summed E-state index contributed by atoms with van der Waals surface area (Å²) in [7, 11) is 0. The van der Waals surface area contributed by atoms with E-state index in [4.69, 9.17) is 0 Å². The van der Waals surface area contributed by atoms with Gasteiger partial charge in [0.2, 0.25) is 0 Å². The molecule has 96 valence electrons. The molecular formula is C15H13BrN2O. The second-order valence-corrected chi connectivity index (χ2v) is 5.20. The summed E-state index contributed by atoms with van der Waals surface area (Å²) in [6.07, 6.45) is 0.691. The standard InChI is InChI=1S/C15H13BrN2O/c1-2-13-17-15-12(18(13)19)9-8-11(16)14(15)10-6-4-3-5-7-10/h3-9,19H,2H2,1H3. The molecule has 0 unspecified atom stereocenters. The maximum absolute atomic E-state index is 10.1. The first-order valence-electron chi connectivity index (χ1n) is 6.17. The molecule has 0 bridgehead atoms. The fraction of sp³-hybridized carbons (Fsp3) is 0.133. The Labute approximate surface area is 119 Å². The molecule has 0 saturated carbocycles. The number of rotatable bonds is 2. The predicted molar refractivity (Wildman–Crippen MR) is 79.4 cm³/mol. The number of aromatic nitrogens is 2. The van der Waals surface area contributed by atoms with Gasteiger partial charge in [-0.25, -0.2) is 4.98 Å². The van der Waals surface area contributed by atoms with Gasteiger partial charge in [0.05, 0.1) is 0 Å². The fourth-order valence-electron chi connectivity index (χ4n) is 2.26. The van der Waals surface area contributed by atoms with Gasteiger partial charge in [0.1, 0.15) is 16.9 Å². The summed E-state index contributed by atoms with van der Waals surface area (Å²) in [5, 5.41) is 10.1. The highest BCUT2D eigenvalue weighted by molar-refractivity contribution is 9.10. The SMILES string of the molecule is CCc1nc2c(-c3ccccc3)c(Br)ccc2n1O. The van der Waals surface area contributed by atoms with Crippen LogP contribution in [0.3, 0.4) is 0 Å². The molecule has 0 aliphatic carbocycles. The Hall–Kier alpha value is -1.81. The van der Waals surface area contributed by atoms with Crippen LogP contribution in [0.5, 0.6) is 0 Å². The van der Waals surface area contributed by atoms with Crippen molar-refractivity contribution in [3.63, 3.8) is 0 Å². The van der Waals surface area contributed by atoms with Gasteiger partial charge in [0, 0.05) is 16.5 Å². The summed E-state index contributed by atoms with van der Waals surface area (Å²) < 4.78 is 2.15. The third-order valence-electron chi connectivity index (χ3n) is 3.20. The Kier molecular flexibility index (Phi) is 3.03. The maximum Gasteiger partial charge on any atom is 0.145 e. The minimum absolute atomic E-state index is 0.672. The third-order valence-corrected chi connectivity index (χ3v) is 3.86. The summed E-state index contributed by atoms with van der Waals surface area (Å²) in [6.45, 7) is 1.98. The Morgan fingerprint density at radius 1 is 1.16 bits per heavy atom. The summed E-state index contributed by atoms with van der Waals surface area (Å²) in [5.41, 5.74) is 3.65. The van der Waals surface area contributed by atoms with Crippen molar-refractivity contribution in [2.75, 3.05) is 0 Å². The molecule has 1 heterocycles. The van der Waals surface area contributed by atoms with Crippen LogP contribution < -0.4 is 0 Å². The lowest BCUT2D eigenvalue weighted by Gasteiger charge is -2.05. The molecule has 2 aromatic carbocycles. The summed E-state index contributed by atoms with van der Waals surface area (Å²) in [4.78, 5) is 4.55. The predicted octanol–water partition coefficient (Wildman–Crippen LogP) is 4.27. The molecule has 1 aromatic heterocycles. The minimum atomic E-state index is 0.672. The third kappa shape index (κ3) is 1.92. The largest absolute Gasteiger partial charge is 0.427 e. The molecule has 0 radical (unpaired) electrons. The van der Waals surface area contributed by atoms with Gasteiger partial charge in [-0.2, -0.15) is 4.73 Å². The molecule has 0 atom stereocenters. The van der Waals surface area contributed by atoms with E-state index in [-0.39, 0.29) is 0 Å². The van der Waals surface area contributed by atoms with Crippen molar-refractivity contribution >= 4 is 27.0 Å². The van der Waals surface area contributed by atoms with E-state index in [1.54, 1.807) is 0 Å². The lowest BCUT2D eigenvalue weighted by molar-refractivity contribution is 0.188. The van der Waals surface area contributed by atoms with Crippen LogP contribution >= 0.6 is 15.9 Å². The fourth-order valence-corrected chi connectivity index (χ4v) is 2.81. The molecule has 3 nitrogen and oxygen atoms in total. The highest BCUT2D eigenvalue weighted by atomic mass is 79.9. The molecule has 0 aliphatic heterocycles. The zero-order valence-electron chi connectivity index (χ0n) is 10.5. The lowest BCUT2D eigenvalue weighted by atomic mass is 10.0. The van der Waals surface area contributed by atoms with Gasteiger partial charge in [-0.1, -0.05) is 53.2 Å². The lowest BCUT2D eigenvalue weighted by Crippen LogP contribution is -1.96. The smallest absolute Gasteiger partial charge is 0.145 e. The van der Waals surface area contributed by atoms with Crippen LogP contribution in [-0.4, -0.2) is 14.9 Å². The first kappa shape index (κ1) is 12.2. The molecule has 0 aliphatic rings. The average molecular weight is 317 g/mol. The molecule has 0 amide bonds. The number of aryl methyl sites for hydroxylation is 1. The van der Waals surface area contributed by atoms with E-state index in [1.165, 1.54) is 4.73 Å². The highest BCUT2D eigenvalue weighted by Gasteiger charge is 2.15. The van der Waals surface area contributed by atoms with E-state index in [0.29, 0.717) is 12.2 Å². The normalized spacial score (nSPS) is 11.1. The number of fused-ring (bicyclic) bond motifs is 1. The van der Waals surface area contributed by atoms with Crippen LogP contribution in [0.1, 0.15) is 12.7 Å². The molecule has 3 aromatic rings. The number of imidazole rings is 1. The van der Waals surface area contributed by atoms with Gasteiger partial charge in [0.15, 0.2) is 0 Å². The minimum Gasteiger partial charge on any atom is -0.427 e. The topological polar surface area (TPSA) is 38.0 Å². The van der Waals surface area contributed by atoms with Crippen LogP contribution in [0.25, 0.3) is 22.2 Å². The van der Waals surface area contributed by atoms with Gasteiger partial charge < -0.3 is 5.21 Å². The van der Waals surface area contributed by atoms with Crippen LogP contribution in [0.4, 0.5) is 0 Å². The zero-order chi connectivity index (χ0) is 13.4. The molecular weight excluding hydrogens is 304 g/mol. The zero-order valence-corrected chi connectivity index (χ0v) is 12.1. The van der Waals surface area contributed by atoms with Gasteiger partial charge >= 0.3 is 0 Å². The number of hydrogen-bond acceptors (Lipinski definition) is 2. The van der Waals surface area contributed by atoms with E-state index in [2.05, 4.69) is 20.9 Å². The van der Waals surface area contributed by atoms with Crippen LogP contribution in [-0.2, 0) is 6.42 Å². The number of halogens is 1. The van der Waals surface area contributed by atoms with Crippen molar-refractivity contribution in [1.82, 2.24) is 9.71 Å². The maximum atomic E-state index is 10.1. The monoisotopic (exact) mass is 316 g/mol. The molecule has 0 fully saturated rings. The van der Waals surface area contributed by atoms with Crippen molar-refractivity contribution < 1.29 is 5.21 Å². The van der Waals surface area contributed by atoms with Gasteiger partial charge in [-0.05, 0) is 17.7 Å². The highest BCUT2D eigenvalue weighted by Crippen LogP contribution is 2.35. The van der Waals surface area contributed by atoms with Gasteiger partial charge in [0.25, 0.3) is 0 Å². The number of benzene rings is 2. The second-order valence-electron chi connectivity index (χ2n) is 4.35. The quantitative estimate of drug-likeness (QED) is 0.717. The molecule has 0 saturated heterocycles. The van der Waals surface area contributed by atoms with Crippen molar-refractivity contribution in [3.05, 3.63) is 52.8 Å². The first-order chi connectivity index (χ1) is 9.22. The summed E-state index contributed by atoms with van der Waals surface area (Å²) in [5.74, 6) is 0.672. The van der Waals surface area contributed by atoms with Crippen LogP contribution in [0.2, 0.25) is 0 Å². The van der Waals surface area contributed by atoms with Crippen LogP contribution in [0, 0.1) is 0 Å². The Bertz CT molecular complexity index is 735. The number of hydrogen-bond donors (Lipinski definition) is 1. The Morgan fingerprint density at radius 2 is 1.89 bits per heavy atom. The van der Waals surface area contributed by atoms with Crippen molar-refractivity contribution in [2.45, 2.75) is 13.3 Å².